The lowest BCUT2D eigenvalue weighted by atomic mass is 10.1. The summed E-state index contributed by atoms with van der Waals surface area (Å²) in [5.74, 6) is -0.139. The van der Waals surface area contributed by atoms with Gasteiger partial charge in [-0.25, -0.2) is 0 Å². The van der Waals surface area contributed by atoms with Crippen molar-refractivity contribution in [3.05, 3.63) is 96.1 Å². The summed E-state index contributed by atoms with van der Waals surface area (Å²) < 4.78 is 0. The zero-order valence-corrected chi connectivity index (χ0v) is 16.1. The summed E-state index contributed by atoms with van der Waals surface area (Å²) >= 11 is 0. The summed E-state index contributed by atoms with van der Waals surface area (Å²) in [5.41, 5.74) is 3.10. The molecular weight excluding hydrogens is 362 g/mol. The fraction of sp³-hybridized carbons (Fsp3) is 0.167. The van der Waals surface area contributed by atoms with Crippen molar-refractivity contribution in [2.75, 3.05) is 36.4 Å². The van der Waals surface area contributed by atoms with Crippen LogP contribution in [0.5, 0.6) is 0 Å². The van der Waals surface area contributed by atoms with E-state index in [9.17, 15) is 9.59 Å². The van der Waals surface area contributed by atoms with Gasteiger partial charge in [-0.05, 0) is 48.5 Å². The van der Waals surface area contributed by atoms with Crippen LogP contribution in [0.25, 0.3) is 0 Å². The third-order valence-corrected chi connectivity index (χ3v) is 5.11. The van der Waals surface area contributed by atoms with E-state index in [1.807, 2.05) is 41.3 Å². The molecule has 1 aliphatic heterocycles. The highest BCUT2D eigenvalue weighted by molar-refractivity contribution is 6.04. The van der Waals surface area contributed by atoms with E-state index >= 15 is 0 Å². The molecule has 146 valence electrons. The van der Waals surface area contributed by atoms with Crippen LogP contribution < -0.4 is 10.2 Å². The average Bonchev–Trinajstić information content (AvgIpc) is 2.80. The van der Waals surface area contributed by atoms with Crippen LogP contribution in [0.4, 0.5) is 11.4 Å². The zero-order valence-electron chi connectivity index (χ0n) is 16.1. The number of nitrogens with one attached hydrogen (secondary N) is 1. The molecule has 0 saturated carbocycles. The van der Waals surface area contributed by atoms with E-state index in [0.29, 0.717) is 29.9 Å². The Morgan fingerprint density at radius 3 is 1.86 bits per heavy atom. The van der Waals surface area contributed by atoms with Gasteiger partial charge in [-0.3, -0.25) is 9.59 Å². The van der Waals surface area contributed by atoms with Crippen LogP contribution in [-0.4, -0.2) is 42.9 Å². The first-order valence-corrected chi connectivity index (χ1v) is 9.76. The molecule has 1 N–H and O–H groups in total. The summed E-state index contributed by atoms with van der Waals surface area (Å²) in [6, 6.07) is 26.4. The Morgan fingerprint density at radius 2 is 1.24 bits per heavy atom. The number of carbonyl (C=O) groups is 2. The number of amides is 2. The van der Waals surface area contributed by atoms with Gasteiger partial charge in [-0.1, -0.05) is 36.4 Å². The second kappa shape index (κ2) is 8.61. The molecule has 5 heteroatoms. The number of para-hydroxylation sites is 1. The predicted molar refractivity (Wildman–Crippen MR) is 115 cm³/mol. The van der Waals surface area contributed by atoms with E-state index in [4.69, 9.17) is 0 Å². The Morgan fingerprint density at radius 1 is 0.655 bits per heavy atom. The average molecular weight is 385 g/mol. The first kappa shape index (κ1) is 18.7. The Labute approximate surface area is 170 Å². The molecule has 0 aromatic heterocycles. The first-order chi connectivity index (χ1) is 14.2. The minimum atomic E-state index is -0.165. The molecule has 5 nitrogen and oxygen atoms in total. The molecular formula is C24H23N3O2. The maximum atomic E-state index is 12.8. The summed E-state index contributed by atoms with van der Waals surface area (Å²) in [7, 11) is 0. The number of anilines is 2. The molecule has 2 amide bonds. The largest absolute Gasteiger partial charge is 0.368 e. The van der Waals surface area contributed by atoms with Gasteiger partial charge in [0.1, 0.15) is 0 Å². The fourth-order valence-corrected chi connectivity index (χ4v) is 3.48. The number of rotatable bonds is 4. The molecule has 4 rings (SSSR count). The Bertz CT molecular complexity index is 964. The highest BCUT2D eigenvalue weighted by Gasteiger charge is 2.22. The topological polar surface area (TPSA) is 52.7 Å². The normalized spacial score (nSPS) is 13.8. The molecule has 0 spiro atoms. The van der Waals surface area contributed by atoms with Crippen LogP contribution in [0, 0.1) is 0 Å². The van der Waals surface area contributed by atoms with Crippen molar-refractivity contribution < 1.29 is 9.59 Å². The molecule has 3 aromatic carbocycles. The van der Waals surface area contributed by atoms with Crippen molar-refractivity contribution in [3.63, 3.8) is 0 Å². The van der Waals surface area contributed by atoms with Crippen molar-refractivity contribution in [1.82, 2.24) is 4.90 Å². The fourth-order valence-electron chi connectivity index (χ4n) is 3.48. The third kappa shape index (κ3) is 4.46. The quantitative estimate of drug-likeness (QED) is 0.741. The lowest BCUT2D eigenvalue weighted by molar-refractivity contribution is 0.0746. The van der Waals surface area contributed by atoms with E-state index in [1.165, 1.54) is 5.69 Å². The number of carbonyl (C=O) groups excluding carboxylic acids is 2. The standard InChI is InChI=1S/C24H23N3O2/c28-23(19-7-3-1-4-8-19)25-21-13-11-20(12-14-21)24(29)27-17-15-26(16-18-27)22-9-5-2-6-10-22/h1-14H,15-18H2,(H,25,28). The minimum Gasteiger partial charge on any atom is -0.368 e. The molecule has 1 aliphatic rings. The van der Waals surface area contributed by atoms with E-state index < -0.39 is 0 Å². The van der Waals surface area contributed by atoms with Gasteiger partial charge in [0, 0.05) is 48.7 Å². The van der Waals surface area contributed by atoms with E-state index in [1.54, 1.807) is 36.4 Å². The summed E-state index contributed by atoms with van der Waals surface area (Å²) in [6.07, 6.45) is 0. The van der Waals surface area contributed by atoms with Crippen LogP contribution in [-0.2, 0) is 0 Å². The van der Waals surface area contributed by atoms with Crippen molar-refractivity contribution in [1.29, 1.82) is 0 Å². The van der Waals surface area contributed by atoms with Crippen molar-refractivity contribution in [2.45, 2.75) is 0 Å². The molecule has 0 radical (unpaired) electrons. The van der Waals surface area contributed by atoms with Crippen LogP contribution in [0.3, 0.4) is 0 Å². The van der Waals surface area contributed by atoms with Gasteiger partial charge in [0.05, 0.1) is 0 Å². The van der Waals surface area contributed by atoms with Crippen molar-refractivity contribution in [2.24, 2.45) is 0 Å². The van der Waals surface area contributed by atoms with Crippen molar-refractivity contribution in [3.8, 4) is 0 Å². The van der Waals surface area contributed by atoms with Gasteiger partial charge in [0.25, 0.3) is 11.8 Å². The molecule has 3 aromatic rings. The van der Waals surface area contributed by atoms with E-state index in [-0.39, 0.29) is 11.8 Å². The van der Waals surface area contributed by atoms with Gasteiger partial charge in [-0.15, -0.1) is 0 Å². The number of nitrogens with zero attached hydrogens (tertiary/aromatic N) is 2. The molecule has 0 unspecified atom stereocenters. The Balaban J connectivity index is 1.34. The van der Waals surface area contributed by atoms with Crippen LogP contribution in [0.1, 0.15) is 20.7 Å². The van der Waals surface area contributed by atoms with E-state index in [0.717, 1.165) is 13.1 Å². The molecule has 1 fully saturated rings. The van der Waals surface area contributed by atoms with Gasteiger partial charge in [0.15, 0.2) is 0 Å². The second-order valence-corrected chi connectivity index (χ2v) is 7.01. The van der Waals surface area contributed by atoms with Crippen LogP contribution >= 0.6 is 0 Å². The number of piperazine rings is 1. The molecule has 0 atom stereocenters. The maximum absolute atomic E-state index is 12.8. The Hall–Kier alpha value is -3.60. The number of benzene rings is 3. The second-order valence-electron chi connectivity index (χ2n) is 7.01. The molecule has 29 heavy (non-hydrogen) atoms. The maximum Gasteiger partial charge on any atom is 0.255 e. The van der Waals surface area contributed by atoms with Gasteiger partial charge < -0.3 is 15.1 Å². The van der Waals surface area contributed by atoms with Crippen molar-refractivity contribution >= 4 is 23.2 Å². The molecule has 0 aliphatic carbocycles. The zero-order chi connectivity index (χ0) is 20.1. The minimum absolute atomic E-state index is 0.0265. The van der Waals surface area contributed by atoms with E-state index in [2.05, 4.69) is 22.3 Å². The molecule has 1 heterocycles. The number of hydrogen-bond acceptors (Lipinski definition) is 3. The highest BCUT2D eigenvalue weighted by atomic mass is 16.2. The van der Waals surface area contributed by atoms with Crippen LogP contribution in [0.2, 0.25) is 0 Å². The summed E-state index contributed by atoms with van der Waals surface area (Å²) in [5, 5.41) is 2.86. The van der Waals surface area contributed by atoms with Gasteiger partial charge in [0.2, 0.25) is 0 Å². The Kier molecular flexibility index (Phi) is 5.56. The number of hydrogen-bond donors (Lipinski definition) is 1. The molecule has 0 bridgehead atoms. The molecule has 1 saturated heterocycles. The monoisotopic (exact) mass is 385 g/mol. The van der Waals surface area contributed by atoms with Crippen LogP contribution in [0.15, 0.2) is 84.9 Å². The lowest BCUT2D eigenvalue weighted by Crippen LogP contribution is -2.48. The smallest absolute Gasteiger partial charge is 0.255 e. The lowest BCUT2D eigenvalue weighted by Gasteiger charge is -2.36. The van der Waals surface area contributed by atoms with Gasteiger partial charge in [-0.2, -0.15) is 0 Å². The summed E-state index contributed by atoms with van der Waals surface area (Å²) in [4.78, 5) is 29.2. The third-order valence-electron chi connectivity index (χ3n) is 5.11. The predicted octanol–water partition coefficient (Wildman–Crippen LogP) is 3.90. The first-order valence-electron chi connectivity index (χ1n) is 9.76. The van der Waals surface area contributed by atoms with Gasteiger partial charge >= 0.3 is 0 Å². The highest BCUT2D eigenvalue weighted by Crippen LogP contribution is 2.18. The summed E-state index contributed by atoms with van der Waals surface area (Å²) in [6.45, 7) is 3.03. The SMILES string of the molecule is O=C(Nc1ccc(C(=O)N2CCN(c3ccccc3)CC2)cc1)c1ccccc1.